The van der Waals surface area contributed by atoms with Gasteiger partial charge in [0.1, 0.15) is 17.8 Å². The first kappa shape index (κ1) is 19.0. The van der Waals surface area contributed by atoms with Crippen LogP contribution >= 0.6 is 0 Å². The molecule has 0 bridgehead atoms. The molecule has 1 aromatic carbocycles. The first-order chi connectivity index (χ1) is 13.0. The maximum atomic E-state index is 12.6. The number of carbonyl (C=O) groups is 1. The predicted octanol–water partition coefficient (Wildman–Crippen LogP) is 2.58. The van der Waals surface area contributed by atoms with Crippen molar-refractivity contribution in [3.63, 3.8) is 0 Å². The van der Waals surface area contributed by atoms with Crippen molar-refractivity contribution < 1.29 is 14.3 Å². The Morgan fingerprint density at radius 1 is 1.33 bits per heavy atom. The molecule has 8 heteroatoms. The Balaban J connectivity index is 1.62. The summed E-state index contributed by atoms with van der Waals surface area (Å²) in [6.07, 6.45) is 2.58. The van der Waals surface area contributed by atoms with Crippen molar-refractivity contribution in [2.75, 3.05) is 27.3 Å². The largest absolute Gasteiger partial charge is 0.497 e. The van der Waals surface area contributed by atoms with Gasteiger partial charge in [-0.15, -0.1) is 10.2 Å². The van der Waals surface area contributed by atoms with E-state index in [1.54, 1.807) is 20.5 Å². The molecule has 1 atom stereocenters. The third kappa shape index (κ3) is 4.15. The van der Waals surface area contributed by atoms with E-state index < -0.39 is 0 Å². The minimum atomic E-state index is -0.0855. The zero-order chi connectivity index (χ0) is 19.4. The van der Waals surface area contributed by atoms with Gasteiger partial charge in [-0.25, -0.2) is 4.79 Å². The third-order valence-electron chi connectivity index (χ3n) is 4.95. The maximum absolute atomic E-state index is 12.6. The number of likely N-dealkylation sites (tertiary alicyclic amines) is 1. The molecule has 3 rings (SSSR count). The summed E-state index contributed by atoms with van der Waals surface area (Å²) < 4.78 is 12.8. The monoisotopic (exact) mass is 373 g/mol. The van der Waals surface area contributed by atoms with Crippen LogP contribution in [0.25, 0.3) is 0 Å². The Bertz CT molecular complexity index is 789. The van der Waals surface area contributed by atoms with E-state index in [1.165, 1.54) is 0 Å². The van der Waals surface area contributed by atoms with Crippen LogP contribution in [0.5, 0.6) is 11.5 Å². The van der Waals surface area contributed by atoms with Gasteiger partial charge in [0.25, 0.3) is 0 Å². The smallest absolute Gasteiger partial charge is 0.317 e. The minimum absolute atomic E-state index is 0.0855. The third-order valence-corrected chi connectivity index (χ3v) is 4.95. The summed E-state index contributed by atoms with van der Waals surface area (Å²) in [6, 6.07) is 5.96. The van der Waals surface area contributed by atoms with Gasteiger partial charge in [-0.1, -0.05) is 0 Å². The molecule has 2 heterocycles. The molecular weight excluding hydrogens is 346 g/mol. The number of methoxy groups -OCH3 is 2. The van der Waals surface area contributed by atoms with Gasteiger partial charge in [-0.2, -0.15) is 0 Å². The highest BCUT2D eigenvalue weighted by Gasteiger charge is 2.29. The van der Waals surface area contributed by atoms with Crippen LogP contribution in [0.3, 0.4) is 0 Å². The van der Waals surface area contributed by atoms with E-state index in [0.717, 1.165) is 29.3 Å². The van der Waals surface area contributed by atoms with E-state index in [4.69, 9.17) is 9.47 Å². The number of ether oxygens (including phenoxy) is 2. The van der Waals surface area contributed by atoms with Crippen LogP contribution in [0.4, 0.5) is 4.79 Å². The van der Waals surface area contributed by atoms with Crippen molar-refractivity contribution in [2.45, 2.75) is 38.8 Å². The van der Waals surface area contributed by atoms with Gasteiger partial charge in [0.2, 0.25) is 0 Å². The van der Waals surface area contributed by atoms with Crippen molar-refractivity contribution in [3.05, 3.63) is 35.9 Å². The number of urea groups is 1. The molecule has 0 spiro atoms. The number of hydrogen-bond acceptors (Lipinski definition) is 5. The number of aromatic nitrogens is 3. The molecule has 0 aliphatic carbocycles. The normalized spacial score (nSPS) is 16.6. The van der Waals surface area contributed by atoms with E-state index in [0.29, 0.717) is 19.6 Å². The second-order valence-electron chi connectivity index (χ2n) is 6.95. The molecule has 1 aliphatic heterocycles. The Kier molecular flexibility index (Phi) is 5.83. The number of carbonyl (C=O) groups excluding carboxylic acids is 1. The molecule has 1 aromatic heterocycles. The fourth-order valence-corrected chi connectivity index (χ4v) is 3.45. The molecule has 0 unspecified atom stereocenters. The van der Waals surface area contributed by atoms with Crippen LogP contribution in [-0.2, 0) is 6.54 Å². The molecule has 8 nitrogen and oxygen atoms in total. The average molecular weight is 373 g/mol. The predicted molar refractivity (Wildman–Crippen MR) is 101 cm³/mol. The summed E-state index contributed by atoms with van der Waals surface area (Å²) in [5.41, 5.74) is 1.08. The zero-order valence-corrected chi connectivity index (χ0v) is 16.3. The second-order valence-corrected chi connectivity index (χ2v) is 6.95. The number of nitrogens with one attached hydrogen (secondary N) is 1. The topological polar surface area (TPSA) is 81.5 Å². The molecule has 27 heavy (non-hydrogen) atoms. The minimum Gasteiger partial charge on any atom is -0.497 e. The van der Waals surface area contributed by atoms with Gasteiger partial charge in [0.05, 0.1) is 20.8 Å². The van der Waals surface area contributed by atoms with Crippen LogP contribution in [0.15, 0.2) is 24.5 Å². The fourth-order valence-electron chi connectivity index (χ4n) is 3.45. The Hall–Kier alpha value is -2.77. The summed E-state index contributed by atoms with van der Waals surface area (Å²) >= 11 is 0. The summed E-state index contributed by atoms with van der Waals surface area (Å²) in [5.74, 6) is 2.60. The number of amides is 2. The highest BCUT2D eigenvalue weighted by Crippen LogP contribution is 2.35. The van der Waals surface area contributed by atoms with Gasteiger partial charge in [-0.3, -0.25) is 0 Å². The van der Waals surface area contributed by atoms with Crippen LogP contribution < -0.4 is 14.8 Å². The molecule has 2 aromatic rings. The number of benzene rings is 1. The lowest BCUT2D eigenvalue weighted by atomic mass is 9.97. The van der Waals surface area contributed by atoms with Crippen molar-refractivity contribution in [1.82, 2.24) is 25.0 Å². The molecule has 1 saturated heterocycles. The average Bonchev–Trinajstić information content (AvgIpc) is 3.35. The molecule has 0 saturated carbocycles. The van der Waals surface area contributed by atoms with Crippen molar-refractivity contribution in [2.24, 2.45) is 0 Å². The molecule has 2 amide bonds. The fraction of sp³-hybridized carbons (Fsp3) is 0.526. The molecule has 0 radical (unpaired) electrons. The van der Waals surface area contributed by atoms with E-state index in [2.05, 4.69) is 29.4 Å². The van der Waals surface area contributed by atoms with Crippen molar-refractivity contribution >= 4 is 6.03 Å². The molecular formula is C19H27N5O3. The first-order valence-electron chi connectivity index (χ1n) is 9.16. The highest BCUT2D eigenvalue weighted by atomic mass is 16.5. The number of hydrogen-bond donors (Lipinski definition) is 1. The van der Waals surface area contributed by atoms with Crippen LogP contribution in [-0.4, -0.2) is 53.0 Å². The Morgan fingerprint density at radius 2 is 2.15 bits per heavy atom. The van der Waals surface area contributed by atoms with E-state index in [9.17, 15) is 4.79 Å². The standard InChI is InChI=1S/C19H27N5O3/c1-13(2)24-12-21-22-18(24)10-20-19(25)23-8-7-14(11-23)16-9-15(26-3)5-6-17(16)27-4/h5-6,9,12-14H,7-8,10-11H2,1-4H3,(H,20,25)/t14-/m1/s1. The quantitative estimate of drug-likeness (QED) is 0.842. The van der Waals surface area contributed by atoms with Gasteiger partial charge in [0, 0.05) is 30.6 Å². The molecule has 1 aliphatic rings. The molecule has 146 valence electrons. The Labute approximate surface area is 159 Å². The van der Waals surface area contributed by atoms with Crippen molar-refractivity contribution in [3.8, 4) is 11.5 Å². The SMILES string of the molecule is COc1ccc(OC)c([C@@H]2CCN(C(=O)NCc3nncn3C(C)C)C2)c1. The van der Waals surface area contributed by atoms with Crippen molar-refractivity contribution in [1.29, 1.82) is 0 Å². The van der Waals surface area contributed by atoms with Crippen LogP contribution in [0.1, 0.15) is 43.6 Å². The summed E-state index contributed by atoms with van der Waals surface area (Å²) in [7, 11) is 3.31. The van der Waals surface area contributed by atoms with Gasteiger partial charge in [0.15, 0.2) is 5.82 Å². The lowest BCUT2D eigenvalue weighted by molar-refractivity contribution is 0.207. The zero-order valence-electron chi connectivity index (χ0n) is 16.3. The summed E-state index contributed by atoms with van der Waals surface area (Å²) in [6.45, 7) is 5.82. The lowest BCUT2D eigenvalue weighted by Gasteiger charge is -2.19. The van der Waals surface area contributed by atoms with E-state index in [-0.39, 0.29) is 18.0 Å². The molecule has 1 N–H and O–H groups in total. The second kappa shape index (κ2) is 8.28. The lowest BCUT2D eigenvalue weighted by Crippen LogP contribution is -2.38. The Morgan fingerprint density at radius 3 is 2.85 bits per heavy atom. The summed E-state index contributed by atoms with van der Waals surface area (Å²) in [5, 5.41) is 11.0. The maximum Gasteiger partial charge on any atom is 0.317 e. The first-order valence-corrected chi connectivity index (χ1v) is 9.16. The van der Waals surface area contributed by atoms with Gasteiger partial charge in [-0.05, 0) is 38.5 Å². The molecule has 1 fully saturated rings. The van der Waals surface area contributed by atoms with Crippen LogP contribution in [0, 0.1) is 0 Å². The van der Waals surface area contributed by atoms with Gasteiger partial charge < -0.3 is 24.3 Å². The summed E-state index contributed by atoms with van der Waals surface area (Å²) in [4.78, 5) is 14.4. The van der Waals surface area contributed by atoms with E-state index in [1.807, 2.05) is 27.7 Å². The highest BCUT2D eigenvalue weighted by molar-refractivity contribution is 5.74. The van der Waals surface area contributed by atoms with Gasteiger partial charge >= 0.3 is 6.03 Å². The number of nitrogens with zero attached hydrogens (tertiary/aromatic N) is 4. The van der Waals surface area contributed by atoms with Crippen LogP contribution in [0.2, 0.25) is 0 Å². The number of rotatable bonds is 6. The van der Waals surface area contributed by atoms with E-state index >= 15 is 0 Å².